The van der Waals surface area contributed by atoms with Crippen LogP contribution in [0.3, 0.4) is 0 Å². The lowest BCUT2D eigenvalue weighted by Gasteiger charge is -2.31. The SMILES string of the molecule is COC(=O)c1ccc(CN(C)C(=O)[C@]2(NC(=O)OCc3ccccc3)CCOC2)cc1. The van der Waals surface area contributed by atoms with Crippen molar-refractivity contribution in [3.8, 4) is 0 Å². The predicted octanol–water partition coefficient (Wildman–Crippen LogP) is 2.52. The minimum Gasteiger partial charge on any atom is -0.465 e. The second-order valence-corrected chi connectivity index (χ2v) is 7.42. The molecular formula is C23H26N2O6. The van der Waals surface area contributed by atoms with Gasteiger partial charge in [-0.3, -0.25) is 4.79 Å². The molecule has 1 saturated heterocycles. The molecule has 1 fully saturated rings. The molecule has 1 N–H and O–H groups in total. The highest BCUT2D eigenvalue weighted by atomic mass is 16.6. The molecule has 0 bridgehead atoms. The number of carbonyl (C=O) groups is 3. The number of benzene rings is 2. The largest absolute Gasteiger partial charge is 0.465 e. The van der Waals surface area contributed by atoms with Gasteiger partial charge in [0.1, 0.15) is 12.1 Å². The van der Waals surface area contributed by atoms with Crippen molar-refractivity contribution in [1.82, 2.24) is 10.2 Å². The zero-order chi connectivity index (χ0) is 22.3. The number of alkyl carbamates (subject to hydrolysis) is 1. The smallest absolute Gasteiger partial charge is 0.408 e. The molecule has 1 heterocycles. The van der Waals surface area contributed by atoms with E-state index in [0.717, 1.165) is 11.1 Å². The molecule has 1 aliphatic heterocycles. The molecule has 8 nitrogen and oxygen atoms in total. The van der Waals surface area contributed by atoms with Crippen molar-refractivity contribution in [2.75, 3.05) is 27.4 Å². The van der Waals surface area contributed by atoms with Gasteiger partial charge in [-0.05, 0) is 23.3 Å². The lowest BCUT2D eigenvalue weighted by Crippen LogP contribution is -2.59. The Morgan fingerprint density at radius 2 is 1.77 bits per heavy atom. The van der Waals surface area contributed by atoms with E-state index in [2.05, 4.69) is 5.32 Å². The lowest BCUT2D eigenvalue weighted by molar-refractivity contribution is -0.137. The van der Waals surface area contributed by atoms with Crippen molar-refractivity contribution in [2.45, 2.75) is 25.1 Å². The Kier molecular flexibility index (Phi) is 7.25. The van der Waals surface area contributed by atoms with E-state index in [1.165, 1.54) is 12.0 Å². The third-order valence-electron chi connectivity index (χ3n) is 5.13. The Labute approximate surface area is 181 Å². The quantitative estimate of drug-likeness (QED) is 0.684. The molecule has 0 unspecified atom stereocenters. The minimum atomic E-state index is -1.17. The van der Waals surface area contributed by atoms with Crippen molar-refractivity contribution in [1.29, 1.82) is 0 Å². The van der Waals surface area contributed by atoms with Gasteiger partial charge in [-0.2, -0.15) is 0 Å². The van der Waals surface area contributed by atoms with Gasteiger partial charge in [0.15, 0.2) is 0 Å². The van der Waals surface area contributed by atoms with Crippen LogP contribution in [0.2, 0.25) is 0 Å². The summed E-state index contributed by atoms with van der Waals surface area (Å²) < 4.78 is 15.4. The summed E-state index contributed by atoms with van der Waals surface area (Å²) in [6, 6.07) is 16.1. The molecule has 2 aromatic carbocycles. The van der Waals surface area contributed by atoms with Gasteiger partial charge in [-0.15, -0.1) is 0 Å². The van der Waals surface area contributed by atoms with Crippen LogP contribution in [-0.2, 0) is 32.2 Å². The molecule has 0 radical (unpaired) electrons. The first-order valence-corrected chi connectivity index (χ1v) is 9.93. The van der Waals surface area contributed by atoms with Crippen molar-refractivity contribution < 1.29 is 28.6 Å². The highest BCUT2D eigenvalue weighted by Crippen LogP contribution is 2.23. The number of nitrogens with zero attached hydrogens (tertiary/aromatic N) is 1. The first-order valence-electron chi connectivity index (χ1n) is 9.93. The molecule has 0 spiro atoms. The number of methoxy groups -OCH3 is 1. The second kappa shape index (κ2) is 10.1. The van der Waals surface area contributed by atoms with Crippen LogP contribution in [0.25, 0.3) is 0 Å². The average Bonchev–Trinajstić information content (AvgIpc) is 3.27. The number of ether oxygens (including phenoxy) is 3. The van der Waals surface area contributed by atoms with E-state index in [1.807, 2.05) is 30.3 Å². The maximum absolute atomic E-state index is 13.2. The topological polar surface area (TPSA) is 94.2 Å². The number of nitrogens with one attached hydrogen (secondary N) is 1. The number of esters is 1. The number of likely N-dealkylation sites (N-methyl/N-ethyl adjacent to an activating group) is 1. The summed E-state index contributed by atoms with van der Waals surface area (Å²) in [6.45, 7) is 0.868. The van der Waals surface area contributed by atoms with Gasteiger partial charge in [0.25, 0.3) is 5.91 Å². The van der Waals surface area contributed by atoms with Gasteiger partial charge in [-0.1, -0.05) is 42.5 Å². The predicted molar refractivity (Wildman–Crippen MR) is 112 cm³/mol. The van der Waals surface area contributed by atoms with Gasteiger partial charge < -0.3 is 24.4 Å². The lowest BCUT2D eigenvalue weighted by atomic mass is 9.96. The van der Waals surface area contributed by atoms with Gasteiger partial charge in [0, 0.05) is 26.6 Å². The van der Waals surface area contributed by atoms with Gasteiger partial charge in [-0.25, -0.2) is 9.59 Å². The zero-order valence-electron chi connectivity index (χ0n) is 17.6. The van der Waals surface area contributed by atoms with Crippen molar-refractivity contribution >= 4 is 18.0 Å². The maximum atomic E-state index is 13.2. The first-order chi connectivity index (χ1) is 14.9. The summed E-state index contributed by atoms with van der Waals surface area (Å²) in [7, 11) is 2.98. The Bertz CT molecular complexity index is 907. The minimum absolute atomic E-state index is 0.0812. The van der Waals surface area contributed by atoms with Crippen LogP contribution in [0.15, 0.2) is 54.6 Å². The summed E-state index contributed by atoms with van der Waals surface area (Å²) in [6.07, 6.45) is -0.309. The van der Waals surface area contributed by atoms with E-state index in [1.54, 1.807) is 31.3 Å². The van der Waals surface area contributed by atoms with Crippen molar-refractivity contribution in [3.05, 3.63) is 71.3 Å². The Morgan fingerprint density at radius 1 is 1.06 bits per heavy atom. The Morgan fingerprint density at radius 3 is 2.39 bits per heavy atom. The summed E-state index contributed by atoms with van der Waals surface area (Å²) in [5.41, 5.74) is 0.954. The molecule has 2 amide bonds. The van der Waals surface area contributed by atoms with Gasteiger partial charge in [0.05, 0.1) is 19.3 Å². The molecule has 1 aliphatic rings. The molecular weight excluding hydrogens is 400 g/mol. The highest BCUT2D eigenvalue weighted by Gasteiger charge is 2.45. The van der Waals surface area contributed by atoms with Crippen LogP contribution in [0, 0.1) is 0 Å². The Hall–Kier alpha value is -3.39. The molecule has 1 atom stereocenters. The van der Waals surface area contributed by atoms with Crippen molar-refractivity contribution in [3.63, 3.8) is 0 Å². The van der Waals surface area contributed by atoms with E-state index in [-0.39, 0.29) is 19.1 Å². The summed E-state index contributed by atoms with van der Waals surface area (Å²) in [5, 5.41) is 2.72. The molecule has 8 heteroatoms. The van der Waals surface area contributed by atoms with Crippen molar-refractivity contribution in [2.24, 2.45) is 0 Å². The molecule has 0 saturated carbocycles. The third kappa shape index (κ3) is 5.61. The van der Waals surface area contributed by atoms with E-state index >= 15 is 0 Å². The summed E-state index contributed by atoms with van der Waals surface area (Å²) in [5.74, 6) is -0.685. The van der Waals surface area contributed by atoms with Crippen LogP contribution in [0.5, 0.6) is 0 Å². The van der Waals surface area contributed by atoms with Crippen LogP contribution < -0.4 is 5.32 Å². The van der Waals surface area contributed by atoms with Crippen LogP contribution >= 0.6 is 0 Å². The molecule has 164 valence electrons. The van der Waals surface area contributed by atoms with Gasteiger partial charge in [0.2, 0.25) is 0 Å². The van der Waals surface area contributed by atoms with E-state index in [4.69, 9.17) is 14.2 Å². The number of rotatable bonds is 7. The molecule has 31 heavy (non-hydrogen) atoms. The van der Waals surface area contributed by atoms with Crippen LogP contribution in [-0.4, -0.2) is 55.8 Å². The first kappa shape index (κ1) is 22.3. The summed E-state index contributed by atoms with van der Waals surface area (Å²) in [4.78, 5) is 38.7. The fourth-order valence-electron chi connectivity index (χ4n) is 3.42. The van der Waals surface area contributed by atoms with E-state index < -0.39 is 17.6 Å². The van der Waals surface area contributed by atoms with E-state index in [0.29, 0.717) is 25.1 Å². The Balaban J connectivity index is 1.62. The van der Waals surface area contributed by atoms with Crippen LogP contribution in [0.1, 0.15) is 27.9 Å². The highest BCUT2D eigenvalue weighted by molar-refractivity contribution is 5.91. The fraction of sp³-hybridized carbons (Fsp3) is 0.348. The summed E-state index contributed by atoms with van der Waals surface area (Å²) >= 11 is 0. The maximum Gasteiger partial charge on any atom is 0.408 e. The molecule has 0 aromatic heterocycles. The number of hydrogen-bond acceptors (Lipinski definition) is 6. The number of carbonyl (C=O) groups excluding carboxylic acids is 3. The molecule has 2 aromatic rings. The van der Waals surface area contributed by atoms with Crippen LogP contribution in [0.4, 0.5) is 4.79 Å². The second-order valence-electron chi connectivity index (χ2n) is 7.42. The normalized spacial score (nSPS) is 17.6. The van der Waals surface area contributed by atoms with E-state index in [9.17, 15) is 14.4 Å². The standard InChI is InChI=1S/C23H26N2O6/c1-25(14-17-8-10-19(11-9-17)20(26)29-2)21(27)23(12-13-30-16-23)24-22(28)31-15-18-6-4-3-5-7-18/h3-11H,12-16H2,1-2H3,(H,24,28)/t23-/m0/s1. The average molecular weight is 426 g/mol. The monoisotopic (exact) mass is 426 g/mol. The third-order valence-corrected chi connectivity index (χ3v) is 5.13. The molecule has 0 aliphatic carbocycles. The van der Waals surface area contributed by atoms with Gasteiger partial charge >= 0.3 is 12.1 Å². The molecule has 3 rings (SSSR count). The number of hydrogen-bond donors (Lipinski definition) is 1. The fourth-order valence-corrected chi connectivity index (χ4v) is 3.42. The zero-order valence-corrected chi connectivity index (χ0v) is 17.6. The number of amides is 2.